The summed E-state index contributed by atoms with van der Waals surface area (Å²) in [6.45, 7) is 6.07. The molecule has 5 rings (SSSR count). The first-order chi connectivity index (χ1) is 19.3. The number of nitrogens with two attached hydrogens (primary N) is 1. The number of nitrogens with zero attached hydrogens (tertiary/aromatic N) is 2. The number of rotatable bonds is 8. The van der Waals surface area contributed by atoms with E-state index in [0.29, 0.717) is 31.8 Å². The number of hydrogen-bond donors (Lipinski definition) is 3. The van der Waals surface area contributed by atoms with Crippen LogP contribution in [0.15, 0.2) is 72.8 Å². The van der Waals surface area contributed by atoms with Crippen molar-refractivity contribution in [2.45, 2.75) is 45.3 Å². The molecule has 208 valence electrons. The summed E-state index contributed by atoms with van der Waals surface area (Å²) in [5.74, 6) is 0.493. The van der Waals surface area contributed by atoms with Crippen LogP contribution in [0.5, 0.6) is 5.75 Å². The maximum atomic E-state index is 12.8. The van der Waals surface area contributed by atoms with Crippen LogP contribution in [0.4, 0.5) is 21.9 Å². The van der Waals surface area contributed by atoms with Gasteiger partial charge in [0.1, 0.15) is 5.75 Å². The van der Waals surface area contributed by atoms with Gasteiger partial charge in [0.15, 0.2) is 0 Å². The van der Waals surface area contributed by atoms with Gasteiger partial charge in [-0.2, -0.15) is 0 Å². The molecule has 2 heterocycles. The number of hydrogen-bond acceptors (Lipinski definition) is 6. The van der Waals surface area contributed by atoms with Crippen molar-refractivity contribution < 1.29 is 19.1 Å². The topological polar surface area (TPSA) is 117 Å². The van der Waals surface area contributed by atoms with E-state index in [1.54, 1.807) is 12.1 Å². The average molecular weight is 542 g/mol. The second-order valence-corrected chi connectivity index (χ2v) is 10.5. The van der Waals surface area contributed by atoms with E-state index in [4.69, 9.17) is 10.5 Å². The third-order valence-electron chi connectivity index (χ3n) is 7.53. The standard InChI is InChI=1S/C31H35N5O4/c1-3-29(37)36-20(2)16-27(26-6-4-5-7-28(26)36)33-23-10-12-24(13-11-23)34-30(38)22-18-35(19-22)17-21-8-14-25(15-9-21)40-31(32)39/h4-15,20,22,27,33H,3,16-19H2,1-2H3,(H2,32,39)(H,34,38)/t20-,27+/m0/s1. The molecule has 3 aromatic rings. The van der Waals surface area contributed by atoms with Gasteiger partial charge in [-0.3, -0.25) is 14.5 Å². The summed E-state index contributed by atoms with van der Waals surface area (Å²) < 4.78 is 4.85. The largest absolute Gasteiger partial charge is 0.411 e. The first kappa shape index (κ1) is 27.2. The maximum Gasteiger partial charge on any atom is 0.409 e. The van der Waals surface area contributed by atoms with Gasteiger partial charge in [-0.05, 0) is 66.9 Å². The quantitative estimate of drug-likeness (QED) is 0.373. The number of amides is 3. The van der Waals surface area contributed by atoms with Crippen LogP contribution in [0.1, 0.15) is 43.9 Å². The fourth-order valence-corrected chi connectivity index (χ4v) is 5.50. The molecule has 0 unspecified atom stereocenters. The molecule has 2 aliphatic rings. The molecule has 9 nitrogen and oxygen atoms in total. The Morgan fingerprint density at radius 2 is 1.62 bits per heavy atom. The van der Waals surface area contributed by atoms with E-state index < -0.39 is 6.09 Å². The lowest BCUT2D eigenvalue weighted by Gasteiger charge is -2.40. The molecule has 1 fully saturated rings. The number of para-hydroxylation sites is 1. The van der Waals surface area contributed by atoms with Crippen LogP contribution in [0.2, 0.25) is 0 Å². The van der Waals surface area contributed by atoms with Crippen LogP contribution in [0, 0.1) is 5.92 Å². The monoisotopic (exact) mass is 541 g/mol. The Hall–Kier alpha value is -4.37. The highest BCUT2D eigenvalue weighted by Crippen LogP contribution is 2.39. The van der Waals surface area contributed by atoms with Crippen molar-refractivity contribution in [2.24, 2.45) is 11.7 Å². The van der Waals surface area contributed by atoms with E-state index in [1.165, 1.54) is 0 Å². The Morgan fingerprint density at radius 3 is 2.30 bits per heavy atom. The number of ether oxygens (including phenoxy) is 1. The molecular formula is C31H35N5O4. The minimum absolute atomic E-state index is 0.0119. The van der Waals surface area contributed by atoms with Crippen molar-refractivity contribution in [1.29, 1.82) is 0 Å². The van der Waals surface area contributed by atoms with Gasteiger partial charge in [-0.25, -0.2) is 4.79 Å². The van der Waals surface area contributed by atoms with Crippen LogP contribution in [-0.4, -0.2) is 41.9 Å². The van der Waals surface area contributed by atoms with Gasteiger partial charge >= 0.3 is 6.09 Å². The number of carbonyl (C=O) groups is 3. The molecular weight excluding hydrogens is 506 g/mol. The lowest BCUT2D eigenvalue weighted by atomic mass is 9.91. The first-order valence-corrected chi connectivity index (χ1v) is 13.7. The number of anilines is 3. The molecule has 1 saturated heterocycles. The highest BCUT2D eigenvalue weighted by atomic mass is 16.5. The fraction of sp³-hybridized carbons (Fsp3) is 0.323. The van der Waals surface area contributed by atoms with E-state index in [1.807, 2.05) is 66.4 Å². The van der Waals surface area contributed by atoms with E-state index in [2.05, 4.69) is 28.5 Å². The number of primary amides is 1. The molecule has 0 saturated carbocycles. The minimum Gasteiger partial charge on any atom is -0.411 e. The van der Waals surface area contributed by atoms with Crippen molar-refractivity contribution in [3.8, 4) is 5.75 Å². The van der Waals surface area contributed by atoms with E-state index >= 15 is 0 Å². The molecule has 3 amide bonds. The van der Waals surface area contributed by atoms with Crippen LogP contribution in [0.25, 0.3) is 0 Å². The predicted molar refractivity (Wildman–Crippen MR) is 155 cm³/mol. The van der Waals surface area contributed by atoms with Crippen LogP contribution < -0.4 is 26.0 Å². The maximum absolute atomic E-state index is 12.8. The first-order valence-electron chi connectivity index (χ1n) is 13.7. The molecule has 0 radical (unpaired) electrons. The Labute approximate surface area is 234 Å². The van der Waals surface area contributed by atoms with Gasteiger partial charge in [-0.15, -0.1) is 0 Å². The van der Waals surface area contributed by atoms with Crippen LogP contribution in [-0.2, 0) is 16.1 Å². The van der Waals surface area contributed by atoms with Crippen LogP contribution >= 0.6 is 0 Å². The third kappa shape index (κ3) is 6.10. The van der Waals surface area contributed by atoms with Crippen molar-refractivity contribution in [3.05, 3.63) is 83.9 Å². The lowest BCUT2D eigenvalue weighted by Crippen LogP contribution is -2.51. The summed E-state index contributed by atoms with van der Waals surface area (Å²) in [4.78, 5) is 40.3. The van der Waals surface area contributed by atoms with Gasteiger partial charge in [0.05, 0.1) is 12.0 Å². The molecule has 40 heavy (non-hydrogen) atoms. The number of benzene rings is 3. The molecule has 3 aromatic carbocycles. The number of carbonyl (C=O) groups excluding carboxylic acids is 3. The summed E-state index contributed by atoms with van der Waals surface area (Å²) in [6, 6.07) is 23.2. The summed E-state index contributed by atoms with van der Waals surface area (Å²) in [6.07, 6.45) is 0.453. The zero-order chi connectivity index (χ0) is 28.2. The normalized spacial score (nSPS) is 18.8. The fourth-order valence-electron chi connectivity index (χ4n) is 5.50. The van der Waals surface area contributed by atoms with Gasteiger partial charge in [0.2, 0.25) is 11.8 Å². The molecule has 0 aromatic heterocycles. The summed E-state index contributed by atoms with van der Waals surface area (Å²) in [5, 5.41) is 6.66. The van der Waals surface area contributed by atoms with E-state index in [9.17, 15) is 14.4 Å². The SMILES string of the molecule is CCC(=O)N1c2ccccc2[C@H](Nc2ccc(NC(=O)C3CN(Cc4ccc(OC(N)=O)cc4)C3)cc2)C[C@@H]1C. The minimum atomic E-state index is -0.836. The number of nitrogens with one attached hydrogen (secondary N) is 2. The highest BCUT2D eigenvalue weighted by Gasteiger charge is 2.34. The van der Waals surface area contributed by atoms with Gasteiger partial charge in [0, 0.05) is 49.2 Å². The molecule has 9 heteroatoms. The van der Waals surface area contributed by atoms with E-state index in [-0.39, 0.29) is 29.8 Å². The highest BCUT2D eigenvalue weighted by molar-refractivity contribution is 5.95. The summed E-state index contributed by atoms with van der Waals surface area (Å²) in [7, 11) is 0. The molecule has 0 aliphatic carbocycles. The Kier molecular flexibility index (Phi) is 8.02. The zero-order valence-corrected chi connectivity index (χ0v) is 22.8. The van der Waals surface area contributed by atoms with Crippen molar-refractivity contribution in [1.82, 2.24) is 4.90 Å². The van der Waals surface area contributed by atoms with Gasteiger partial charge in [0.25, 0.3) is 0 Å². The molecule has 0 spiro atoms. The average Bonchev–Trinajstić information content (AvgIpc) is 2.92. The van der Waals surface area contributed by atoms with Crippen molar-refractivity contribution in [2.75, 3.05) is 28.6 Å². The number of likely N-dealkylation sites (tertiary alicyclic amines) is 1. The molecule has 2 atom stereocenters. The predicted octanol–water partition coefficient (Wildman–Crippen LogP) is 4.90. The van der Waals surface area contributed by atoms with Crippen LogP contribution in [0.3, 0.4) is 0 Å². The molecule has 2 aliphatic heterocycles. The van der Waals surface area contributed by atoms with Gasteiger partial charge < -0.3 is 26.0 Å². The second kappa shape index (κ2) is 11.8. The van der Waals surface area contributed by atoms with Crippen molar-refractivity contribution >= 4 is 35.0 Å². The second-order valence-electron chi connectivity index (χ2n) is 10.5. The number of fused-ring (bicyclic) bond motifs is 1. The summed E-state index contributed by atoms with van der Waals surface area (Å²) >= 11 is 0. The summed E-state index contributed by atoms with van der Waals surface area (Å²) in [5.41, 5.74) is 9.91. The van der Waals surface area contributed by atoms with Gasteiger partial charge in [-0.1, -0.05) is 37.3 Å². The smallest absolute Gasteiger partial charge is 0.409 e. The Morgan fingerprint density at radius 1 is 0.950 bits per heavy atom. The Bertz CT molecular complexity index is 1370. The van der Waals surface area contributed by atoms with Crippen molar-refractivity contribution in [3.63, 3.8) is 0 Å². The molecule has 4 N–H and O–H groups in total. The molecule has 0 bridgehead atoms. The zero-order valence-electron chi connectivity index (χ0n) is 22.8. The lowest BCUT2D eigenvalue weighted by molar-refractivity contribution is -0.125. The Balaban J connectivity index is 1.12. The third-order valence-corrected chi connectivity index (χ3v) is 7.53. The van der Waals surface area contributed by atoms with E-state index in [0.717, 1.165) is 34.6 Å².